The summed E-state index contributed by atoms with van der Waals surface area (Å²) in [5.41, 5.74) is 0. The second kappa shape index (κ2) is 53.5. The minimum atomic E-state index is -0.799. The van der Waals surface area contributed by atoms with Crippen molar-refractivity contribution in [1.29, 1.82) is 0 Å². The molecule has 0 aromatic rings. The van der Waals surface area contributed by atoms with Crippen LogP contribution in [0, 0.1) is 0 Å². The Bertz CT molecular complexity index is 1230. The van der Waals surface area contributed by atoms with Gasteiger partial charge in [0.05, 0.1) is 0 Å². The standard InChI is InChI=1S/C59H102O6/c1-4-7-10-13-16-19-22-25-28-30-32-34-37-40-43-46-49-52-58(61)64-55-56(54-63-57(60)51-48-45-42-39-36-33-27-24-21-18-15-12-9-6-3)65-59(62)53-50-47-44-41-38-35-31-29-26-23-20-17-14-11-8-5-2/h7,10,16,19,24-25,27-28,32,34,40,43,56H,4-6,8-9,11-15,17-18,20-23,26,29-31,33,35-39,41-42,44-55H2,1-3H3/b10-7+,19-16+,27-24+,28-25+,34-32+,43-40+/t56-/m1/s1. The van der Waals surface area contributed by atoms with Crippen molar-refractivity contribution in [2.24, 2.45) is 0 Å². The van der Waals surface area contributed by atoms with Gasteiger partial charge in [-0.15, -0.1) is 0 Å². The monoisotopic (exact) mass is 907 g/mol. The van der Waals surface area contributed by atoms with Crippen molar-refractivity contribution in [3.05, 3.63) is 72.9 Å². The Labute approximate surface area is 402 Å². The summed E-state index contributed by atoms with van der Waals surface area (Å²) in [6.07, 6.45) is 67.5. The summed E-state index contributed by atoms with van der Waals surface area (Å²) in [7, 11) is 0. The van der Waals surface area contributed by atoms with Gasteiger partial charge in [0.15, 0.2) is 6.10 Å². The first-order valence-corrected chi connectivity index (χ1v) is 27.4. The fourth-order valence-corrected chi connectivity index (χ4v) is 7.59. The van der Waals surface area contributed by atoms with Gasteiger partial charge in [-0.3, -0.25) is 14.4 Å². The van der Waals surface area contributed by atoms with Gasteiger partial charge in [0, 0.05) is 19.3 Å². The summed E-state index contributed by atoms with van der Waals surface area (Å²) in [6.45, 7) is 6.48. The molecule has 0 saturated heterocycles. The smallest absolute Gasteiger partial charge is 0.306 e. The van der Waals surface area contributed by atoms with E-state index in [1.54, 1.807) is 0 Å². The number of carbonyl (C=O) groups is 3. The van der Waals surface area contributed by atoms with Crippen LogP contribution in [0.3, 0.4) is 0 Å². The third kappa shape index (κ3) is 51.7. The summed E-state index contributed by atoms with van der Waals surface area (Å²) in [5, 5.41) is 0. The molecule has 0 aromatic heterocycles. The number of hydrogen-bond donors (Lipinski definition) is 0. The Hall–Kier alpha value is -3.15. The molecule has 6 heteroatoms. The van der Waals surface area contributed by atoms with E-state index >= 15 is 0 Å². The molecular weight excluding hydrogens is 805 g/mol. The van der Waals surface area contributed by atoms with Gasteiger partial charge in [-0.05, 0) is 83.5 Å². The minimum absolute atomic E-state index is 0.0954. The van der Waals surface area contributed by atoms with Gasteiger partial charge in [-0.1, -0.05) is 235 Å². The SMILES string of the molecule is CC/C=C/C/C=C/C/C=C/C/C=C/C/C=C/CCCC(=O)OC[C@@H](COC(=O)CCCCCCC/C=C/CCCCCCC)OC(=O)CCCCCCCCCCCCCCCCCC. The Morgan fingerprint density at radius 3 is 1.02 bits per heavy atom. The zero-order valence-corrected chi connectivity index (χ0v) is 42.7. The zero-order chi connectivity index (χ0) is 47.2. The molecule has 0 heterocycles. The van der Waals surface area contributed by atoms with Crippen molar-refractivity contribution < 1.29 is 28.6 Å². The van der Waals surface area contributed by atoms with Crippen LogP contribution in [0.25, 0.3) is 0 Å². The topological polar surface area (TPSA) is 78.9 Å². The Morgan fingerprint density at radius 1 is 0.323 bits per heavy atom. The molecule has 0 spiro atoms. The lowest BCUT2D eigenvalue weighted by atomic mass is 10.0. The molecule has 65 heavy (non-hydrogen) atoms. The zero-order valence-electron chi connectivity index (χ0n) is 42.7. The van der Waals surface area contributed by atoms with E-state index < -0.39 is 6.10 Å². The molecule has 374 valence electrons. The minimum Gasteiger partial charge on any atom is -0.462 e. The van der Waals surface area contributed by atoms with Crippen molar-refractivity contribution in [2.45, 2.75) is 271 Å². The molecule has 6 nitrogen and oxygen atoms in total. The molecular formula is C59H102O6. The number of unbranched alkanes of at least 4 members (excludes halogenated alkanes) is 26. The van der Waals surface area contributed by atoms with Gasteiger partial charge in [0.25, 0.3) is 0 Å². The third-order valence-electron chi connectivity index (χ3n) is 11.7. The highest BCUT2D eigenvalue weighted by molar-refractivity contribution is 5.71. The number of hydrogen-bond acceptors (Lipinski definition) is 6. The van der Waals surface area contributed by atoms with Crippen molar-refractivity contribution in [2.75, 3.05) is 13.2 Å². The summed E-state index contributed by atoms with van der Waals surface area (Å²) in [5.74, 6) is -0.956. The van der Waals surface area contributed by atoms with Gasteiger partial charge in [0.1, 0.15) is 13.2 Å². The first-order valence-electron chi connectivity index (χ1n) is 27.4. The van der Waals surface area contributed by atoms with Crippen LogP contribution in [0.15, 0.2) is 72.9 Å². The van der Waals surface area contributed by atoms with Gasteiger partial charge >= 0.3 is 17.9 Å². The molecule has 0 amide bonds. The maximum Gasteiger partial charge on any atom is 0.306 e. The normalized spacial score (nSPS) is 12.6. The van der Waals surface area contributed by atoms with Crippen LogP contribution >= 0.6 is 0 Å². The first-order chi connectivity index (χ1) is 32.0. The van der Waals surface area contributed by atoms with E-state index in [0.29, 0.717) is 19.3 Å². The number of allylic oxidation sites excluding steroid dienone is 12. The highest BCUT2D eigenvalue weighted by Crippen LogP contribution is 2.15. The average Bonchev–Trinajstić information content (AvgIpc) is 3.30. The van der Waals surface area contributed by atoms with Crippen LogP contribution in [0.4, 0.5) is 0 Å². The van der Waals surface area contributed by atoms with Crippen molar-refractivity contribution in [3.8, 4) is 0 Å². The summed E-state index contributed by atoms with van der Waals surface area (Å²) >= 11 is 0. The average molecular weight is 907 g/mol. The Balaban J connectivity index is 4.46. The lowest BCUT2D eigenvalue weighted by molar-refractivity contribution is -0.167. The van der Waals surface area contributed by atoms with E-state index in [1.165, 1.54) is 135 Å². The molecule has 0 bridgehead atoms. The molecule has 0 aliphatic heterocycles. The van der Waals surface area contributed by atoms with Crippen LogP contribution in [0.5, 0.6) is 0 Å². The lowest BCUT2D eigenvalue weighted by Gasteiger charge is -2.18. The van der Waals surface area contributed by atoms with Crippen LogP contribution in [0.1, 0.15) is 265 Å². The van der Waals surface area contributed by atoms with Crippen LogP contribution in [-0.2, 0) is 28.6 Å². The Morgan fingerprint density at radius 2 is 0.615 bits per heavy atom. The number of esters is 3. The molecule has 0 N–H and O–H groups in total. The quantitative estimate of drug-likeness (QED) is 0.0262. The van der Waals surface area contributed by atoms with Crippen LogP contribution < -0.4 is 0 Å². The molecule has 0 rings (SSSR count). The highest BCUT2D eigenvalue weighted by atomic mass is 16.6. The van der Waals surface area contributed by atoms with E-state index in [1.807, 2.05) is 0 Å². The number of carbonyl (C=O) groups excluding carboxylic acids is 3. The maximum absolute atomic E-state index is 12.8. The second-order valence-corrected chi connectivity index (χ2v) is 18.1. The van der Waals surface area contributed by atoms with Crippen molar-refractivity contribution in [1.82, 2.24) is 0 Å². The van der Waals surface area contributed by atoms with Crippen molar-refractivity contribution >= 4 is 17.9 Å². The molecule has 0 aliphatic carbocycles. The van der Waals surface area contributed by atoms with Gasteiger partial charge in [-0.25, -0.2) is 0 Å². The molecule has 0 radical (unpaired) electrons. The van der Waals surface area contributed by atoms with Gasteiger partial charge in [0.2, 0.25) is 0 Å². The molecule has 0 fully saturated rings. The molecule has 1 atom stereocenters. The molecule has 0 aromatic carbocycles. The largest absolute Gasteiger partial charge is 0.462 e. The summed E-state index contributed by atoms with van der Waals surface area (Å²) in [6, 6.07) is 0. The van der Waals surface area contributed by atoms with Crippen LogP contribution in [-0.4, -0.2) is 37.2 Å². The van der Waals surface area contributed by atoms with E-state index in [-0.39, 0.29) is 37.5 Å². The van der Waals surface area contributed by atoms with E-state index in [0.717, 1.165) is 83.5 Å². The van der Waals surface area contributed by atoms with Crippen LogP contribution in [0.2, 0.25) is 0 Å². The van der Waals surface area contributed by atoms with Gasteiger partial charge < -0.3 is 14.2 Å². The number of ether oxygens (including phenoxy) is 3. The van der Waals surface area contributed by atoms with E-state index in [9.17, 15) is 14.4 Å². The molecule has 0 aliphatic rings. The van der Waals surface area contributed by atoms with Gasteiger partial charge in [-0.2, -0.15) is 0 Å². The summed E-state index contributed by atoms with van der Waals surface area (Å²) in [4.78, 5) is 38.0. The fraction of sp³-hybridized carbons (Fsp3) is 0.746. The lowest BCUT2D eigenvalue weighted by Crippen LogP contribution is -2.30. The number of rotatable bonds is 49. The van der Waals surface area contributed by atoms with E-state index in [4.69, 9.17) is 14.2 Å². The predicted octanol–water partition coefficient (Wildman–Crippen LogP) is 18.2. The highest BCUT2D eigenvalue weighted by Gasteiger charge is 2.19. The second-order valence-electron chi connectivity index (χ2n) is 18.1. The predicted molar refractivity (Wildman–Crippen MR) is 279 cm³/mol. The third-order valence-corrected chi connectivity index (χ3v) is 11.7. The first kappa shape index (κ1) is 61.9. The molecule has 0 unspecified atom stereocenters. The summed E-state index contributed by atoms with van der Waals surface area (Å²) < 4.78 is 16.8. The van der Waals surface area contributed by atoms with E-state index in [2.05, 4.69) is 93.7 Å². The fourth-order valence-electron chi connectivity index (χ4n) is 7.59. The molecule has 0 saturated carbocycles. The Kier molecular flexibility index (Phi) is 50.9. The van der Waals surface area contributed by atoms with Crippen molar-refractivity contribution in [3.63, 3.8) is 0 Å². The maximum atomic E-state index is 12.8.